The number of rotatable bonds is 8. The molecule has 1 saturated carbocycles. The molecule has 2 aliphatic rings. The van der Waals surface area contributed by atoms with Crippen LogP contribution in [-0.2, 0) is 9.53 Å². The van der Waals surface area contributed by atoms with Crippen LogP contribution in [0.2, 0.25) is 0 Å². The Bertz CT molecular complexity index is 1490. The number of ether oxygens (including phenoxy) is 2. The second-order valence-electron chi connectivity index (χ2n) is 8.91. The third kappa shape index (κ3) is 5.77. The molecule has 0 spiro atoms. The first-order valence-electron chi connectivity index (χ1n) is 13.8. The van der Waals surface area contributed by atoms with Gasteiger partial charge in [-0.15, -0.1) is 10.2 Å². The highest BCUT2D eigenvalue weighted by Gasteiger charge is 2.30. The number of aromatic nitrogens is 4. The van der Waals surface area contributed by atoms with Crippen LogP contribution in [0, 0.1) is 5.92 Å². The molecule has 3 aromatic rings. The molecule has 1 saturated heterocycles. The monoisotopic (exact) mass is 535 g/mol. The Kier molecular flexibility index (Phi) is 6.53. The average molecular weight is 536 g/mol. The van der Waals surface area contributed by atoms with Crippen LogP contribution in [0.5, 0.6) is 5.75 Å². The number of carbonyl (C=O) groups excluding carboxylic acids is 3. The van der Waals surface area contributed by atoms with E-state index < -0.39 is 12.9 Å². The first kappa shape index (κ1) is 22.3. The summed E-state index contributed by atoms with van der Waals surface area (Å²) in [6.07, 6.45) is 4.41. The number of nitrogens with zero attached hydrogens (tertiary/aromatic N) is 5. The fourth-order valence-electron chi connectivity index (χ4n) is 4.06. The summed E-state index contributed by atoms with van der Waals surface area (Å²) in [7, 11) is 1.45. The quantitative estimate of drug-likeness (QED) is 0.388. The Balaban J connectivity index is 1.44. The number of amides is 3. The van der Waals surface area contributed by atoms with E-state index in [-0.39, 0.29) is 40.6 Å². The van der Waals surface area contributed by atoms with Crippen molar-refractivity contribution >= 4 is 34.9 Å². The molecule has 13 heteroatoms. The van der Waals surface area contributed by atoms with Crippen molar-refractivity contribution in [3.8, 4) is 17.0 Å². The molecule has 3 amide bonds. The van der Waals surface area contributed by atoms with Crippen molar-refractivity contribution in [1.29, 1.82) is 0 Å². The number of hydrogen-bond donors (Lipinski definition) is 3. The average Bonchev–Trinajstić information content (AvgIpc) is 3.82. The van der Waals surface area contributed by atoms with E-state index in [1.54, 1.807) is 23.1 Å². The summed E-state index contributed by atoms with van der Waals surface area (Å²) in [5.41, 5.74) is 1.28. The van der Waals surface area contributed by atoms with Crippen LogP contribution in [0.3, 0.4) is 0 Å². The van der Waals surface area contributed by atoms with Crippen molar-refractivity contribution in [1.82, 2.24) is 30.4 Å². The van der Waals surface area contributed by atoms with Crippen molar-refractivity contribution < 1.29 is 28.0 Å². The van der Waals surface area contributed by atoms with E-state index in [9.17, 15) is 14.4 Å². The van der Waals surface area contributed by atoms with Crippen LogP contribution >= 0.6 is 0 Å². The minimum Gasteiger partial charge on any atom is -0.494 e. The van der Waals surface area contributed by atoms with Crippen molar-refractivity contribution in [3.05, 3.63) is 48.0 Å². The highest BCUT2D eigenvalue weighted by atomic mass is 16.5. The van der Waals surface area contributed by atoms with Gasteiger partial charge in [0.1, 0.15) is 5.69 Å². The van der Waals surface area contributed by atoms with Gasteiger partial charge in [0.15, 0.2) is 17.3 Å². The highest BCUT2D eigenvalue weighted by molar-refractivity contribution is 6.00. The molecular weight excluding hydrogens is 504 g/mol. The molecule has 39 heavy (non-hydrogen) atoms. The summed E-state index contributed by atoms with van der Waals surface area (Å²) in [6.45, 7) is -0.872. The molecule has 0 radical (unpaired) electrons. The zero-order chi connectivity index (χ0) is 29.9. The van der Waals surface area contributed by atoms with Gasteiger partial charge >= 0.3 is 0 Å². The highest BCUT2D eigenvalue weighted by Crippen LogP contribution is 2.37. The van der Waals surface area contributed by atoms with Gasteiger partial charge in [0.25, 0.3) is 11.8 Å². The topological polar surface area (TPSA) is 161 Å². The van der Waals surface area contributed by atoms with Crippen molar-refractivity contribution in [2.75, 3.05) is 51.0 Å². The van der Waals surface area contributed by atoms with Crippen LogP contribution in [-0.4, -0.2) is 83.2 Å². The van der Waals surface area contributed by atoms with E-state index in [1.807, 2.05) is 5.32 Å². The maximum Gasteiger partial charge on any atom is 0.274 e. The molecule has 1 aromatic carbocycles. The molecule has 1 aliphatic heterocycles. The summed E-state index contributed by atoms with van der Waals surface area (Å²) in [6, 6.07) is 6.51. The number of anilines is 3. The predicted molar refractivity (Wildman–Crippen MR) is 141 cm³/mol. The number of para-hydroxylation sites is 1. The number of benzene rings is 1. The smallest absolute Gasteiger partial charge is 0.274 e. The lowest BCUT2D eigenvalue weighted by molar-refractivity contribution is -0.117. The number of methoxy groups -OCH3 is 1. The van der Waals surface area contributed by atoms with Crippen LogP contribution < -0.4 is 20.7 Å². The van der Waals surface area contributed by atoms with Gasteiger partial charge in [0.05, 0.1) is 49.8 Å². The molecule has 3 N–H and O–H groups in total. The van der Waals surface area contributed by atoms with Crippen LogP contribution in [0.15, 0.2) is 36.7 Å². The SMILES string of the molecule is [2H]C([2H])([2H])NC(=O)c1nnc(NC(=O)C2CC2)cc1Nc1cccc(-c2cnc(C(=O)N3CCOCC3)cn2)c1OC. The molecule has 5 rings (SSSR count). The molecule has 202 valence electrons. The minimum atomic E-state index is -2.76. The standard InChI is InChI=1S/C26H28N8O5/c1-27-25(36)22-18(12-21(32-33-22)31-24(35)15-6-7-15)30-17-5-3-4-16(23(17)38-2)19-13-29-20(14-28-19)26(37)34-8-10-39-11-9-34/h3-5,12-15H,6-11H2,1-2H3,(H,27,36)(H2,30,31,32,35)/i1D3. The molecule has 13 nitrogen and oxygen atoms in total. The second kappa shape index (κ2) is 11.4. The number of carbonyl (C=O) groups is 3. The van der Waals surface area contributed by atoms with E-state index in [4.69, 9.17) is 13.6 Å². The first-order chi connectivity index (χ1) is 20.1. The van der Waals surface area contributed by atoms with E-state index in [2.05, 4.69) is 30.8 Å². The molecule has 2 aromatic heterocycles. The Labute approximate surface area is 228 Å². The summed E-state index contributed by atoms with van der Waals surface area (Å²) in [5, 5.41) is 15.4. The second-order valence-corrected chi connectivity index (χ2v) is 8.91. The van der Waals surface area contributed by atoms with Gasteiger partial charge in [-0.05, 0) is 25.0 Å². The molecule has 0 unspecified atom stereocenters. The van der Waals surface area contributed by atoms with Gasteiger partial charge < -0.3 is 30.3 Å². The zero-order valence-corrected chi connectivity index (χ0v) is 21.1. The van der Waals surface area contributed by atoms with Crippen molar-refractivity contribution in [3.63, 3.8) is 0 Å². The van der Waals surface area contributed by atoms with Gasteiger partial charge in [-0.1, -0.05) is 6.07 Å². The predicted octanol–water partition coefficient (Wildman–Crippen LogP) is 1.87. The maximum atomic E-state index is 12.8. The van der Waals surface area contributed by atoms with E-state index in [1.165, 1.54) is 25.6 Å². The normalized spacial score (nSPS) is 16.3. The molecule has 1 aliphatic carbocycles. The maximum absolute atomic E-state index is 12.8. The fourth-order valence-corrected chi connectivity index (χ4v) is 4.06. The van der Waals surface area contributed by atoms with Crippen LogP contribution in [0.4, 0.5) is 17.2 Å². The Hall–Kier alpha value is -4.65. The summed E-state index contributed by atoms with van der Waals surface area (Å²) >= 11 is 0. The van der Waals surface area contributed by atoms with E-state index >= 15 is 0 Å². The Morgan fingerprint density at radius 1 is 1.10 bits per heavy atom. The van der Waals surface area contributed by atoms with Gasteiger partial charge in [-0.2, -0.15) is 0 Å². The number of morpholine rings is 1. The fraction of sp³-hybridized carbons (Fsp3) is 0.346. The Morgan fingerprint density at radius 2 is 1.92 bits per heavy atom. The lowest BCUT2D eigenvalue weighted by Gasteiger charge is -2.26. The largest absolute Gasteiger partial charge is 0.494 e. The molecular formula is C26H28N8O5. The lowest BCUT2D eigenvalue weighted by atomic mass is 10.1. The van der Waals surface area contributed by atoms with Gasteiger partial charge in [-0.25, -0.2) is 4.98 Å². The van der Waals surface area contributed by atoms with Gasteiger partial charge in [0, 0.05) is 41.7 Å². The summed E-state index contributed by atoms with van der Waals surface area (Å²) in [5.74, 6) is -1.15. The van der Waals surface area contributed by atoms with Gasteiger partial charge in [-0.3, -0.25) is 19.4 Å². The zero-order valence-electron chi connectivity index (χ0n) is 24.1. The van der Waals surface area contributed by atoms with Crippen molar-refractivity contribution in [2.24, 2.45) is 5.92 Å². The third-order valence-electron chi connectivity index (χ3n) is 6.26. The molecule has 0 bridgehead atoms. The van der Waals surface area contributed by atoms with E-state index in [0.29, 0.717) is 49.0 Å². The summed E-state index contributed by atoms with van der Waals surface area (Å²) in [4.78, 5) is 48.2. The first-order valence-corrected chi connectivity index (χ1v) is 12.3. The molecule has 0 atom stereocenters. The van der Waals surface area contributed by atoms with E-state index in [0.717, 1.165) is 12.8 Å². The molecule has 2 fully saturated rings. The van der Waals surface area contributed by atoms with Gasteiger partial charge in [0.2, 0.25) is 5.91 Å². The number of nitrogens with one attached hydrogen (secondary N) is 3. The third-order valence-corrected chi connectivity index (χ3v) is 6.26. The lowest BCUT2D eigenvalue weighted by Crippen LogP contribution is -2.41. The minimum absolute atomic E-state index is 0.0748. The molecule has 3 heterocycles. The number of hydrogen-bond acceptors (Lipinski definition) is 10. The summed E-state index contributed by atoms with van der Waals surface area (Å²) < 4.78 is 33.1. The Morgan fingerprint density at radius 3 is 2.62 bits per heavy atom. The van der Waals surface area contributed by atoms with Crippen LogP contribution in [0.1, 0.15) is 37.9 Å². The van der Waals surface area contributed by atoms with Crippen LogP contribution in [0.25, 0.3) is 11.3 Å². The van der Waals surface area contributed by atoms with Crippen molar-refractivity contribution in [2.45, 2.75) is 12.8 Å².